The van der Waals surface area contributed by atoms with Crippen LogP contribution in [0.15, 0.2) is 42.5 Å². The molecule has 0 atom stereocenters. The van der Waals surface area contributed by atoms with Crippen LogP contribution in [0.25, 0.3) is 22.3 Å². The average Bonchev–Trinajstić information content (AvgIpc) is 2.70. The Morgan fingerprint density at radius 3 is 2.25 bits per heavy atom. The highest BCUT2D eigenvalue weighted by Gasteiger charge is 2.22. The number of benzene rings is 3. The van der Waals surface area contributed by atoms with Crippen LogP contribution in [-0.2, 0) is 19.3 Å². The maximum Gasteiger partial charge on any atom is 0.145 e. The van der Waals surface area contributed by atoms with E-state index >= 15 is 4.39 Å². The number of hydrogen-bond acceptors (Lipinski definition) is 0. The Morgan fingerprint density at radius 1 is 0.857 bits per heavy atom. The lowest BCUT2D eigenvalue weighted by Gasteiger charge is -2.22. The van der Waals surface area contributed by atoms with Gasteiger partial charge in [-0.2, -0.15) is 0 Å². The second kappa shape index (κ2) is 7.63. The number of unbranched alkanes of at least 4 members (excludes halogenated alkanes) is 1. The summed E-state index contributed by atoms with van der Waals surface area (Å²) in [4.78, 5) is 0. The van der Waals surface area contributed by atoms with Crippen LogP contribution in [-0.4, -0.2) is 0 Å². The van der Waals surface area contributed by atoms with Gasteiger partial charge in [-0.05, 0) is 71.2 Å². The van der Waals surface area contributed by atoms with Crippen molar-refractivity contribution in [2.24, 2.45) is 0 Å². The summed E-state index contributed by atoms with van der Waals surface area (Å²) in [7, 11) is 0. The molecule has 4 rings (SSSR count). The molecule has 0 amide bonds. The molecule has 1 aliphatic rings. The molecule has 144 valence electrons. The van der Waals surface area contributed by atoms with E-state index < -0.39 is 22.5 Å². The number of rotatable bonds is 4. The number of halogens is 4. The van der Waals surface area contributed by atoms with Crippen LogP contribution in [0, 0.1) is 17.5 Å². The van der Waals surface area contributed by atoms with E-state index in [0.717, 1.165) is 48.9 Å². The van der Waals surface area contributed by atoms with Gasteiger partial charge in [0, 0.05) is 5.56 Å². The summed E-state index contributed by atoms with van der Waals surface area (Å²) in [5.74, 6) is -2.20. The van der Waals surface area contributed by atoms with Gasteiger partial charge in [0.15, 0.2) is 0 Å². The molecule has 0 aliphatic heterocycles. The zero-order chi connectivity index (χ0) is 19.8. The maximum absolute atomic E-state index is 15.3. The third-order valence-corrected chi connectivity index (χ3v) is 5.82. The van der Waals surface area contributed by atoms with Gasteiger partial charge in [0.1, 0.15) is 22.5 Å². The fraction of sp³-hybridized carbons (Fsp3) is 0.250. The number of fused-ring (bicyclic) bond motifs is 3. The van der Waals surface area contributed by atoms with E-state index in [1.54, 1.807) is 6.07 Å². The first-order chi connectivity index (χ1) is 13.5. The first-order valence-electron chi connectivity index (χ1n) is 9.58. The van der Waals surface area contributed by atoms with E-state index in [-0.39, 0.29) is 11.1 Å². The molecule has 0 bridgehead atoms. The van der Waals surface area contributed by atoms with E-state index in [2.05, 4.69) is 25.1 Å². The van der Waals surface area contributed by atoms with Crippen molar-refractivity contribution in [2.75, 3.05) is 0 Å². The second-order valence-electron chi connectivity index (χ2n) is 7.30. The van der Waals surface area contributed by atoms with Crippen LogP contribution in [0.2, 0.25) is 5.02 Å². The van der Waals surface area contributed by atoms with Gasteiger partial charge >= 0.3 is 0 Å². The molecule has 0 saturated heterocycles. The summed E-state index contributed by atoms with van der Waals surface area (Å²) in [6, 6.07) is 12.0. The van der Waals surface area contributed by atoms with Gasteiger partial charge in [-0.3, -0.25) is 0 Å². The average molecular weight is 401 g/mol. The van der Waals surface area contributed by atoms with Crippen LogP contribution in [0.4, 0.5) is 13.2 Å². The first kappa shape index (κ1) is 19.1. The summed E-state index contributed by atoms with van der Waals surface area (Å²) < 4.78 is 42.9. The van der Waals surface area contributed by atoms with Crippen LogP contribution in [0.5, 0.6) is 0 Å². The molecule has 0 unspecified atom stereocenters. The monoisotopic (exact) mass is 400 g/mol. The molecule has 0 spiro atoms. The smallest absolute Gasteiger partial charge is 0.145 e. The number of aryl methyl sites for hydroxylation is 2. The fourth-order valence-corrected chi connectivity index (χ4v) is 4.07. The molecule has 3 aromatic carbocycles. The molecule has 1 aliphatic carbocycles. The first-order valence-corrected chi connectivity index (χ1v) is 9.96. The highest BCUT2D eigenvalue weighted by Crippen LogP contribution is 2.39. The molecular weight excluding hydrogens is 381 g/mol. The number of hydrogen-bond donors (Lipinski definition) is 0. The SMILES string of the molecule is CCCCc1ccc2c(c1)CCc1c-2ccc(-c2cc(F)c(Cl)c(F)c2)c1F. The quantitative estimate of drug-likeness (QED) is 0.397. The minimum absolute atomic E-state index is 0.153. The Hall–Kier alpha value is -2.26. The molecule has 3 aromatic rings. The Kier molecular flexibility index (Phi) is 5.20. The van der Waals surface area contributed by atoms with Gasteiger partial charge in [0.2, 0.25) is 0 Å². The van der Waals surface area contributed by atoms with Gasteiger partial charge in [-0.1, -0.05) is 55.3 Å². The van der Waals surface area contributed by atoms with Crippen molar-refractivity contribution >= 4 is 11.6 Å². The van der Waals surface area contributed by atoms with Crippen molar-refractivity contribution in [1.82, 2.24) is 0 Å². The molecule has 0 saturated carbocycles. The van der Waals surface area contributed by atoms with Gasteiger partial charge in [0.25, 0.3) is 0 Å². The van der Waals surface area contributed by atoms with Crippen molar-refractivity contribution in [3.05, 3.63) is 81.6 Å². The molecule has 28 heavy (non-hydrogen) atoms. The Balaban J connectivity index is 1.77. The second-order valence-corrected chi connectivity index (χ2v) is 7.68. The predicted octanol–water partition coefficient (Wildman–Crippen LogP) is 7.53. The highest BCUT2D eigenvalue weighted by atomic mass is 35.5. The van der Waals surface area contributed by atoms with Crippen LogP contribution in [0.1, 0.15) is 36.5 Å². The van der Waals surface area contributed by atoms with Gasteiger partial charge in [0.05, 0.1) is 0 Å². The predicted molar refractivity (Wildman–Crippen MR) is 108 cm³/mol. The lowest BCUT2D eigenvalue weighted by atomic mass is 9.82. The fourth-order valence-electron chi connectivity index (χ4n) is 3.96. The van der Waals surface area contributed by atoms with E-state index in [0.29, 0.717) is 12.0 Å². The minimum Gasteiger partial charge on any atom is -0.206 e. The third-order valence-electron chi connectivity index (χ3n) is 5.46. The van der Waals surface area contributed by atoms with Gasteiger partial charge in [-0.25, -0.2) is 13.2 Å². The normalized spacial score (nSPS) is 12.6. The van der Waals surface area contributed by atoms with Crippen molar-refractivity contribution in [3.8, 4) is 22.3 Å². The van der Waals surface area contributed by atoms with Crippen LogP contribution >= 0.6 is 11.6 Å². The lowest BCUT2D eigenvalue weighted by Crippen LogP contribution is -2.08. The van der Waals surface area contributed by atoms with E-state index in [4.69, 9.17) is 11.6 Å². The minimum atomic E-state index is -0.890. The van der Waals surface area contributed by atoms with Gasteiger partial charge < -0.3 is 0 Å². The molecule has 0 heterocycles. The van der Waals surface area contributed by atoms with E-state index in [1.165, 1.54) is 11.1 Å². The molecule has 0 radical (unpaired) electrons. The Morgan fingerprint density at radius 2 is 1.54 bits per heavy atom. The largest absolute Gasteiger partial charge is 0.206 e. The van der Waals surface area contributed by atoms with Crippen LogP contribution in [0.3, 0.4) is 0 Å². The summed E-state index contributed by atoms with van der Waals surface area (Å²) in [5.41, 5.74) is 5.39. The summed E-state index contributed by atoms with van der Waals surface area (Å²) in [6.45, 7) is 2.17. The van der Waals surface area contributed by atoms with Gasteiger partial charge in [-0.15, -0.1) is 0 Å². The summed E-state index contributed by atoms with van der Waals surface area (Å²) in [5, 5.41) is -0.574. The molecule has 0 N–H and O–H groups in total. The highest BCUT2D eigenvalue weighted by molar-refractivity contribution is 6.31. The zero-order valence-electron chi connectivity index (χ0n) is 15.6. The molecule has 0 nitrogen and oxygen atoms in total. The van der Waals surface area contributed by atoms with Crippen molar-refractivity contribution in [2.45, 2.75) is 39.0 Å². The lowest BCUT2D eigenvalue weighted by molar-refractivity contribution is 0.583. The van der Waals surface area contributed by atoms with E-state index in [1.807, 2.05) is 6.07 Å². The Labute approximate surface area is 168 Å². The summed E-state index contributed by atoms with van der Waals surface area (Å²) in [6.07, 6.45) is 4.68. The Bertz CT molecular complexity index is 1030. The van der Waals surface area contributed by atoms with Crippen molar-refractivity contribution < 1.29 is 13.2 Å². The van der Waals surface area contributed by atoms with Crippen molar-refractivity contribution in [1.29, 1.82) is 0 Å². The topological polar surface area (TPSA) is 0 Å². The third kappa shape index (κ3) is 3.33. The zero-order valence-corrected chi connectivity index (χ0v) is 16.3. The maximum atomic E-state index is 15.3. The van der Waals surface area contributed by atoms with E-state index in [9.17, 15) is 8.78 Å². The standard InChI is InChI=1S/C24H20ClF3/c1-2-3-4-14-5-7-17-15(11-14)6-8-20-19(17)10-9-18(24(20)28)16-12-21(26)23(25)22(27)13-16/h5,7,9-13H,2-4,6,8H2,1H3. The molecule has 0 fully saturated rings. The molecule has 0 aromatic heterocycles. The summed E-state index contributed by atoms with van der Waals surface area (Å²) >= 11 is 5.55. The van der Waals surface area contributed by atoms with Crippen molar-refractivity contribution in [3.63, 3.8) is 0 Å². The molecule has 4 heteroatoms. The van der Waals surface area contributed by atoms with Crippen LogP contribution < -0.4 is 0 Å². The molecular formula is C24H20ClF3.